The summed E-state index contributed by atoms with van der Waals surface area (Å²) >= 11 is 1.36. The maximum absolute atomic E-state index is 12.7. The molecule has 6 nitrogen and oxygen atoms in total. The number of methoxy groups -OCH3 is 1. The van der Waals surface area contributed by atoms with Crippen LogP contribution in [-0.4, -0.2) is 33.4 Å². The van der Waals surface area contributed by atoms with E-state index in [1.54, 1.807) is 7.11 Å². The molecule has 2 heterocycles. The summed E-state index contributed by atoms with van der Waals surface area (Å²) in [5, 5.41) is 13.4. The van der Waals surface area contributed by atoms with E-state index in [1.807, 2.05) is 43.4 Å². The van der Waals surface area contributed by atoms with E-state index < -0.39 is 0 Å². The Labute approximate surface area is 179 Å². The largest absolute Gasteiger partial charge is 0.495 e. The van der Waals surface area contributed by atoms with Crippen molar-refractivity contribution in [2.24, 2.45) is 0 Å². The molecule has 0 saturated heterocycles. The molecular formula is C23H24N4O2S. The van der Waals surface area contributed by atoms with E-state index in [0.29, 0.717) is 5.16 Å². The van der Waals surface area contributed by atoms with E-state index in [-0.39, 0.29) is 11.7 Å². The summed E-state index contributed by atoms with van der Waals surface area (Å²) in [5.41, 5.74) is 6.92. The Morgan fingerprint density at radius 2 is 1.80 bits per heavy atom. The van der Waals surface area contributed by atoms with Crippen LogP contribution in [0.1, 0.15) is 22.3 Å². The number of pyridine rings is 1. The molecule has 0 aliphatic rings. The van der Waals surface area contributed by atoms with Crippen molar-refractivity contribution in [3.05, 3.63) is 58.7 Å². The smallest absolute Gasteiger partial charge is 0.234 e. The Morgan fingerprint density at radius 3 is 2.50 bits per heavy atom. The third-order valence-electron chi connectivity index (χ3n) is 5.15. The standard InChI is InChI=1S/C23H24N4O2S/c1-13-9-15(3)21(16(4)10-13)24-20(28)12-30-23-26-25-19-11-14(2)17-7-6-8-18(29-5)22(17)27(19)23/h6-11H,12H2,1-5H3,(H,24,28). The first-order valence-electron chi connectivity index (χ1n) is 9.71. The number of hydrogen-bond donors (Lipinski definition) is 1. The van der Waals surface area contributed by atoms with Crippen LogP contribution < -0.4 is 10.1 Å². The van der Waals surface area contributed by atoms with Gasteiger partial charge < -0.3 is 10.1 Å². The molecule has 154 valence electrons. The highest BCUT2D eigenvalue weighted by Gasteiger charge is 2.16. The molecule has 0 atom stereocenters. The number of para-hydroxylation sites is 1. The van der Waals surface area contributed by atoms with Gasteiger partial charge in [-0.05, 0) is 56.5 Å². The number of aryl methyl sites for hydroxylation is 4. The first-order valence-corrected chi connectivity index (χ1v) is 10.7. The molecule has 4 rings (SSSR count). The van der Waals surface area contributed by atoms with Gasteiger partial charge in [-0.3, -0.25) is 9.20 Å². The number of amides is 1. The van der Waals surface area contributed by atoms with Gasteiger partial charge in [0.1, 0.15) is 5.75 Å². The molecule has 0 fully saturated rings. The van der Waals surface area contributed by atoms with Crippen LogP contribution >= 0.6 is 11.8 Å². The van der Waals surface area contributed by atoms with E-state index in [2.05, 4.69) is 40.6 Å². The van der Waals surface area contributed by atoms with Gasteiger partial charge in [-0.2, -0.15) is 0 Å². The van der Waals surface area contributed by atoms with Gasteiger partial charge in [-0.15, -0.1) is 10.2 Å². The highest BCUT2D eigenvalue weighted by atomic mass is 32.2. The van der Waals surface area contributed by atoms with Crippen molar-refractivity contribution >= 4 is 39.9 Å². The minimum absolute atomic E-state index is 0.0739. The molecule has 1 N–H and O–H groups in total. The average Bonchev–Trinajstić information content (AvgIpc) is 3.11. The van der Waals surface area contributed by atoms with Crippen LogP contribution in [0.15, 0.2) is 41.6 Å². The van der Waals surface area contributed by atoms with Crippen molar-refractivity contribution < 1.29 is 9.53 Å². The van der Waals surface area contributed by atoms with Gasteiger partial charge in [0.25, 0.3) is 0 Å². The van der Waals surface area contributed by atoms with Crippen LogP contribution in [0, 0.1) is 27.7 Å². The molecule has 0 spiro atoms. The van der Waals surface area contributed by atoms with E-state index in [1.165, 1.54) is 17.3 Å². The van der Waals surface area contributed by atoms with Crippen LogP contribution in [0.5, 0.6) is 5.75 Å². The zero-order valence-electron chi connectivity index (χ0n) is 17.7. The molecule has 2 aromatic carbocycles. The molecule has 0 unspecified atom stereocenters. The fraction of sp³-hybridized carbons (Fsp3) is 0.261. The zero-order chi connectivity index (χ0) is 21.4. The number of carbonyl (C=O) groups is 1. The van der Waals surface area contributed by atoms with Crippen molar-refractivity contribution in [1.82, 2.24) is 14.6 Å². The van der Waals surface area contributed by atoms with Crippen LogP contribution in [0.2, 0.25) is 0 Å². The third kappa shape index (κ3) is 3.61. The normalized spacial score (nSPS) is 11.2. The number of nitrogens with zero attached hydrogens (tertiary/aromatic N) is 3. The number of thioether (sulfide) groups is 1. The van der Waals surface area contributed by atoms with Crippen molar-refractivity contribution in [3.8, 4) is 5.75 Å². The van der Waals surface area contributed by atoms with Gasteiger partial charge in [0, 0.05) is 11.1 Å². The minimum Gasteiger partial charge on any atom is -0.495 e. The van der Waals surface area contributed by atoms with Crippen molar-refractivity contribution in [3.63, 3.8) is 0 Å². The van der Waals surface area contributed by atoms with Crippen LogP contribution in [0.3, 0.4) is 0 Å². The lowest BCUT2D eigenvalue weighted by Crippen LogP contribution is -2.16. The van der Waals surface area contributed by atoms with E-state index in [9.17, 15) is 4.79 Å². The molecule has 0 aliphatic heterocycles. The monoisotopic (exact) mass is 420 g/mol. The zero-order valence-corrected chi connectivity index (χ0v) is 18.6. The molecule has 0 bridgehead atoms. The summed E-state index contributed by atoms with van der Waals surface area (Å²) in [6.45, 7) is 8.12. The summed E-state index contributed by atoms with van der Waals surface area (Å²) in [6, 6.07) is 12.1. The number of rotatable bonds is 5. The van der Waals surface area contributed by atoms with E-state index in [4.69, 9.17) is 4.74 Å². The third-order valence-corrected chi connectivity index (χ3v) is 6.07. The van der Waals surface area contributed by atoms with Crippen molar-refractivity contribution in [1.29, 1.82) is 0 Å². The highest BCUT2D eigenvalue weighted by Crippen LogP contribution is 2.32. The number of anilines is 1. The maximum atomic E-state index is 12.7. The fourth-order valence-electron chi connectivity index (χ4n) is 3.87. The molecular weight excluding hydrogens is 396 g/mol. The summed E-state index contributed by atoms with van der Waals surface area (Å²) in [6.07, 6.45) is 0. The van der Waals surface area contributed by atoms with E-state index in [0.717, 1.165) is 44.7 Å². The number of hydrogen-bond acceptors (Lipinski definition) is 5. The molecule has 0 saturated carbocycles. The lowest BCUT2D eigenvalue weighted by molar-refractivity contribution is -0.113. The predicted molar refractivity (Wildman–Crippen MR) is 122 cm³/mol. The first kappa shape index (κ1) is 20.2. The minimum atomic E-state index is -0.0739. The van der Waals surface area contributed by atoms with Crippen LogP contribution in [0.4, 0.5) is 5.69 Å². The second kappa shape index (κ2) is 7.99. The average molecular weight is 421 g/mol. The van der Waals surface area contributed by atoms with Gasteiger partial charge in [0.15, 0.2) is 10.8 Å². The lowest BCUT2D eigenvalue weighted by Gasteiger charge is -2.13. The molecule has 0 radical (unpaired) electrons. The molecule has 0 aliphatic carbocycles. The second-order valence-electron chi connectivity index (χ2n) is 7.47. The Balaban J connectivity index is 1.64. The number of fused-ring (bicyclic) bond motifs is 3. The molecule has 2 aromatic heterocycles. The Bertz CT molecular complexity index is 1260. The molecule has 1 amide bonds. The van der Waals surface area contributed by atoms with Gasteiger partial charge in [-0.1, -0.05) is 41.6 Å². The van der Waals surface area contributed by atoms with E-state index >= 15 is 0 Å². The molecule has 7 heteroatoms. The molecule has 30 heavy (non-hydrogen) atoms. The first-order chi connectivity index (χ1) is 14.4. The quantitative estimate of drug-likeness (QED) is 0.467. The summed E-state index contributed by atoms with van der Waals surface area (Å²) in [4.78, 5) is 12.7. The van der Waals surface area contributed by atoms with Crippen LogP contribution in [0.25, 0.3) is 16.6 Å². The van der Waals surface area contributed by atoms with Crippen molar-refractivity contribution in [2.75, 3.05) is 18.2 Å². The summed E-state index contributed by atoms with van der Waals surface area (Å²) in [5.74, 6) is 0.909. The number of benzene rings is 2. The predicted octanol–water partition coefficient (Wildman–Crippen LogP) is 4.86. The maximum Gasteiger partial charge on any atom is 0.234 e. The number of carbonyl (C=O) groups excluding carboxylic acids is 1. The highest BCUT2D eigenvalue weighted by molar-refractivity contribution is 7.99. The van der Waals surface area contributed by atoms with Gasteiger partial charge in [-0.25, -0.2) is 0 Å². The summed E-state index contributed by atoms with van der Waals surface area (Å²) < 4.78 is 7.55. The SMILES string of the molecule is COc1cccc2c(C)cc3nnc(SCC(=O)Nc4c(C)cc(C)cc4C)n3c12. The Kier molecular flexibility index (Phi) is 5.39. The Hall–Kier alpha value is -3.06. The second-order valence-corrected chi connectivity index (χ2v) is 8.41. The van der Waals surface area contributed by atoms with Gasteiger partial charge in [0.2, 0.25) is 5.91 Å². The van der Waals surface area contributed by atoms with Crippen LogP contribution in [-0.2, 0) is 4.79 Å². The fourth-order valence-corrected chi connectivity index (χ4v) is 4.61. The van der Waals surface area contributed by atoms with Gasteiger partial charge >= 0.3 is 0 Å². The number of nitrogens with one attached hydrogen (secondary N) is 1. The number of aromatic nitrogens is 3. The van der Waals surface area contributed by atoms with Gasteiger partial charge in [0.05, 0.1) is 18.4 Å². The Morgan fingerprint density at radius 1 is 1.07 bits per heavy atom. The summed E-state index contributed by atoms with van der Waals surface area (Å²) in [7, 11) is 1.65. The lowest BCUT2D eigenvalue weighted by atomic mass is 10.1. The molecule has 4 aromatic rings. The topological polar surface area (TPSA) is 68.5 Å². The number of ether oxygens (including phenoxy) is 1. The van der Waals surface area contributed by atoms with Crippen molar-refractivity contribution in [2.45, 2.75) is 32.9 Å².